The molecule has 2 rings (SSSR count). The van der Waals surface area contributed by atoms with Crippen molar-refractivity contribution in [1.82, 2.24) is 5.32 Å². The molecule has 0 unspecified atom stereocenters. The van der Waals surface area contributed by atoms with Crippen LogP contribution in [-0.2, 0) is 9.53 Å². The molecule has 1 saturated heterocycles. The Kier molecular flexibility index (Phi) is 3.82. The number of nitrogens with one attached hydrogen (secondary N) is 1. The lowest BCUT2D eigenvalue weighted by Crippen LogP contribution is -2.35. The Labute approximate surface area is 96.4 Å². The van der Waals surface area contributed by atoms with Gasteiger partial charge in [0.05, 0.1) is 12.0 Å². The van der Waals surface area contributed by atoms with E-state index < -0.39 is 5.41 Å². The number of ether oxygens (including phenoxy) is 1. The van der Waals surface area contributed by atoms with Crippen LogP contribution in [0.5, 0.6) is 0 Å². The molecule has 0 bridgehead atoms. The van der Waals surface area contributed by atoms with Gasteiger partial charge in [-0.15, -0.1) is 0 Å². The molecule has 2 N–H and O–H groups in total. The third kappa shape index (κ3) is 2.74. The first-order valence-corrected chi connectivity index (χ1v) is 6.24. The van der Waals surface area contributed by atoms with Crippen molar-refractivity contribution in [2.45, 2.75) is 32.1 Å². The van der Waals surface area contributed by atoms with Crippen LogP contribution in [0.15, 0.2) is 0 Å². The molecule has 2 fully saturated rings. The summed E-state index contributed by atoms with van der Waals surface area (Å²) in [5.41, 5.74) is -0.428. The molecule has 4 heteroatoms. The van der Waals surface area contributed by atoms with Crippen LogP contribution in [0.3, 0.4) is 0 Å². The molecule has 0 aromatic heterocycles. The molecular formula is C12H21NO3. The van der Waals surface area contributed by atoms with Gasteiger partial charge in [-0.25, -0.2) is 0 Å². The van der Waals surface area contributed by atoms with Crippen LogP contribution in [0.25, 0.3) is 0 Å². The van der Waals surface area contributed by atoms with Gasteiger partial charge in [-0.3, -0.25) is 4.79 Å². The van der Waals surface area contributed by atoms with Crippen molar-refractivity contribution in [3.63, 3.8) is 0 Å². The first-order valence-electron chi connectivity index (χ1n) is 6.24. The summed E-state index contributed by atoms with van der Waals surface area (Å²) in [6.07, 6.45) is 5.01. The molecule has 1 saturated carbocycles. The molecule has 0 aromatic carbocycles. The molecule has 1 heterocycles. The first kappa shape index (κ1) is 11.9. The zero-order valence-corrected chi connectivity index (χ0v) is 9.71. The van der Waals surface area contributed by atoms with E-state index in [4.69, 9.17) is 9.84 Å². The fourth-order valence-electron chi connectivity index (χ4n) is 2.22. The topological polar surface area (TPSA) is 58.6 Å². The molecular weight excluding hydrogens is 206 g/mol. The van der Waals surface area contributed by atoms with Crippen LogP contribution in [0.2, 0.25) is 0 Å². The Balaban J connectivity index is 1.62. The van der Waals surface area contributed by atoms with E-state index in [-0.39, 0.29) is 12.5 Å². The first-order chi connectivity index (χ1) is 7.77. The van der Waals surface area contributed by atoms with Crippen LogP contribution in [-0.4, -0.2) is 37.4 Å². The van der Waals surface area contributed by atoms with E-state index in [2.05, 4.69) is 5.32 Å². The SMILES string of the molecule is O=C(NCC[C@H]1CCCOC1)C1(CO)CC1. The molecule has 1 aliphatic carbocycles. The average Bonchev–Trinajstić information content (AvgIpc) is 3.11. The van der Waals surface area contributed by atoms with E-state index in [1.54, 1.807) is 0 Å². The van der Waals surface area contributed by atoms with Gasteiger partial charge in [-0.2, -0.15) is 0 Å². The van der Waals surface area contributed by atoms with Gasteiger partial charge in [0, 0.05) is 19.8 Å². The Morgan fingerprint density at radius 3 is 2.88 bits per heavy atom. The number of carbonyl (C=O) groups is 1. The minimum absolute atomic E-state index is 0.00856. The number of carbonyl (C=O) groups excluding carboxylic acids is 1. The minimum atomic E-state index is -0.428. The van der Waals surface area contributed by atoms with Gasteiger partial charge in [0.25, 0.3) is 0 Å². The van der Waals surface area contributed by atoms with E-state index in [1.807, 2.05) is 0 Å². The predicted octanol–water partition coefficient (Wildman–Crippen LogP) is 0.692. The van der Waals surface area contributed by atoms with Crippen molar-refractivity contribution in [2.24, 2.45) is 11.3 Å². The van der Waals surface area contributed by atoms with Crippen molar-refractivity contribution < 1.29 is 14.6 Å². The lowest BCUT2D eigenvalue weighted by Gasteiger charge is -2.22. The summed E-state index contributed by atoms with van der Waals surface area (Å²) in [4.78, 5) is 11.7. The van der Waals surface area contributed by atoms with E-state index in [0.717, 1.165) is 38.9 Å². The second-order valence-corrected chi connectivity index (χ2v) is 5.07. The number of aliphatic hydroxyl groups excluding tert-OH is 1. The second kappa shape index (κ2) is 5.15. The fourth-order valence-corrected chi connectivity index (χ4v) is 2.22. The molecule has 16 heavy (non-hydrogen) atoms. The highest BCUT2D eigenvalue weighted by Crippen LogP contribution is 2.45. The van der Waals surface area contributed by atoms with Crippen LogP contribution in [0, 0.1) is 11.3 Å². The van der Waals surface area contributed by atoms with Crippen molar-refractivity contribution in [1.29, 1.82) is 0 Å². The van der Waals surface area contributed by atoms with Gasteiger partial charge in [0.2, 0.25) is 5.91 Å². The summed E-state index contributed by atoms with van der Waals surface area (Å²) >= 11 is 0. The lowest BCUT2D eigenvalue weighted by atomic mass is 9.98. The van der Waals surface area contributed by atoms with Crippen molar-refractivity contribution in [3.05, 3.63) is 0 Å². The smallest absolute Gasteiger partial charge is 0.228 e. The second-order valence-electron chi connectivity index (χ2n) is 5.07. The monoisotopic (exact) mass is 227 g/mol. The third-order valence-corrected chi connectivity index (χ3v) is 3.73. The van der Waals surface area contributed by atoms with E-state index >= 15 is 0 Å². The lowest BCUT2D eigenvalue weighted by molar-refractivity contribution is -0.127. The average molecular weight is 227 g/mol. The number of hydrogen-bond acceptors (Lipinski definition) is 3. The van der Waals surface area contributed by atoms with Gasteiger partial charge in [-0.05, 0) is 38.0 Å². The molecule has 4 nitrogen and oxygen atoms in total. The predicted molar refractivity (Wildman–Crippen MR) is 59.9 cm³/mol. The summed E-state index contributed by atoms with van der Waals surface area (Å²) < 4.78 is 5.39. The van der Waals surface area contributed by atoms with E-state index in [9.17, 15) is 4.79 Å². The third-order valence-electron chi connectivity index (χ3n) is 3.73. The number of amides is 1. The van der Waals surface area contributed by atoms with Crippen LogP contribution < -0.4 is 5.32 Å². The molecule has 1 aliphatic heterocycles. The highest BCUT2D eigenvalue weighted by atomic mass is 16.5. The summed E-state index contributed by atoms with van der Waals surface area (Å²) in [5, 5.41) is 12.0. The molecule has 1 amide bonds. The summed E-state index contributed by atoms with van der Waals surface area (Å²) in [6, 6.07) is 0. The Morgan fingerprint density at radius 1 is 1.50 bits per heavy atom. The van der Waals surface area contributed by atoms with Crippen LogP contribution in [0.4, 0.5) is 0 Å². The normalized spacial score (nSPS) is 27.4. The number of rotatable bonds is 5. The van der Waals surface area contributed by atoms with Gasteiger partial charge in [-0.1, -0.05) is 0 Å². The van der Waals surface area contributed by atoms with Gasteiger partial charge >= 0.3 is 0 Å². The summed E-state index contributed by atoms with van der Waals surface area (Å²) in [5.74, 6) is 0.630. The van der Waals surface area contributed by atoms with Crippen molar-refractivity contribution in [2.75, 3.05) is 26.4 Å². The van der Waals surface area contributed by atoms with Crippen LogP contribution in [0.1, 0.15) is 32.1 Å². The Hall–Kier alpha value is -0.610. The molecule has 0 radical (unpaired) electrons. The maximum Gasteiger partial charge on any atom is 0.228 e. The Morgan fingerprint density at radius 2 is 2.31 bits per heavy atom. The Bertz CT molecular complexity index is 245. The highest BCUT2D eigenvalue weighted by molar-refractivity contribution is 5.85. The van der Waals surface area contributed by atoms with Crippen molar-refractivity contribution >= 4 is 5.91 Å². The van der Waals surface area contributed by atoms with Gasteiger partial charge in [0.15, 0.2) is 0 Å². The van der Waals surface area contributed by atoms with Crippen LogP contribution >= 0.6 is 0 Å². The summed E-state index contributed by atoms with van der Waals surface area (Å²) in [7, 11) is 0. The quantitative estimate of drug-likeness (QED) is 0.726. The molecule has 2 aliphatic rings. The van der Waals surface area contributed by atoms with E-state index in [0.29, 0.717) is 12.5 Å². The highest BCUT2D eigenvalue weighted by Gasteiger charge is 2.49. The standard InChI is InChI=1S/C12H21NO3/c14-9-12(4-5-12)11(15)13-6-3-10-2-1-7-16-8-10/h10,14H,1-9H2,(H,13,15)/t10-/m1/s1. The molecule has 0 spiro atoms. The van der Waals surface area contributed by atoms with E-state index in [1.165, 1.54) is 6.42 Å². The number of aliphatic hydroxyl groups is 1. The number of hydrogen-bond donors (Lipinski definition) is 2. The van der Waals surface area contributed by atoms with Gasteiger partial charge in [0.1, 0.15) is 0 Å². The maximum absolute atomic E-state index is 11.7. The zero-order chi connectivity index (χ0) is 11.4. The van der Waals surface area contributed by atoms with Gasteiger partial charge < -0.3 is 15.2 Å². The summed E-state index contributed by atoms with van der Waals surface area (Å²) in [6.45, 7) is 2.43. The molecule has 92 valence electrons. The molecule has 1 atom stereocenters. The minimum Gasteiger partial charge on any atom is -0.395 e. The zero-order valence-electron chi connectivity index (χ0n) is 9.71. The maximum atomic E-state index is 11.7. The largest absolute Gasteiger partial charge is 0.395 e. The fraction of sp³-hybridized carbons (Fsp3) is 0.917. The van der Waals surface area contributed by atoms with Crippen molar-refractivity contribution in [3.8, 4) is 0 Å². The molecule has 0 aromatic rings.